The Morgan fingerprint density at radius 1 is 1.31 bits per heavy atom. The zero-order valence-corrected chi connectivity index (χ0v) is 15.1. The van der Waals surface area contributed by atoms with Crippen LogP contribution in [0.5, 0.6) is 0 Å². The molecule has 3 N–H and O–H groups in total. The lowest BCUT2D eigenvalue weighted by molar-refractivity contribution is -0.386. The van der Waals surface area contributed by atoms with Crippen LogP contribution in [0.1, 0.15) is 24.4 Å². The summed E-state index contributed by atoms with van der Waals surface area (Å²) >= 11 is 5.03. The molecule has 0 aliphatic carbocycles. The molecule has 2 rings (SSSR count). The number of carbonyl (C=O) groups is 1. The van der Waals surface area contributed by atoms with E-state index < -0.39 is 16.9 Å². The van der Waals surface area contributed by atoms with Gasteiger partial charge in [-0.25, -0.2) is 4.39 Å². The van der Waals surface area contributed by atoms with Crippen molar-refractivity contribution < 1.29 is 14.1 Å². The number of hydrogen-bond acceptors (Lipinski definition) is 5. The fraction of sp³-hybridized carbons (Fsp3) is 0.267. The van der Waals surface area contributed by atoms with E-state index in [1.54, 1.807) is 6.92 Å². The van der Waals surface area contributed by atoms with Crippen molar-refractivity contribution in [1.82, 2.24) is 20.6 Å². The molecule has 1 atom stereocenters. The third-order valence-corrected chi connectivity index (χ3v) is 3.82. The van der Waals surface area contributed by atoms with Crippen molar-refractivity contribution in [2.75, 3.05) is 5.32 Å². The summed E-state index contributed by atoms with van der Waals surface area (Å²) in [4.78, 5) is 22.8. The molecule has 0 unspecified atom stereocenters. The standard InChI is InChI=1S/C15H17FN6O3S/c1-8-13(22(24)25)9(2)21(20-8)10(3)14(23)18-19-15(26)17-12-6-4-11(16)5-7-12/h4-7,10H,1-3H3,(H,18,23)(H2,17,19,26)/t10-/m1/s1. The molecule has 0 spiro atoms. The molecular weight excluding hydrogens is 363 g/mol. The molecule has 26 heavy (non-hydrogen) atoms. The lowest BCUT2D eigenvalue weighted by Gasteiger charge is -2.16. The molecule has 11 heteroatoms. The third-order valence-electron chi connectivity index (χ3n) is 3.62. The molecule has 0 bridgehead atoms. The number of nitrogens with zero attached hydrogens (tertiary/aromatic N) is 3. The van der Waals surface area contributed by atoms with Gasteiger partial charge < -0.3 is 5.32 Å². The number of halogens is 1. The maximum absolute atomic E-state index is 12.9. The largest absolute Gasteiger partial charge is 0.331 e. The molecule has 0 fully saturated rings. The van der Waals surface area contributed by atoms with E-state index in [-0.39, 0.29) is 28.0 Å². The van der Waals surface area contributed by atoms with Gasteiger partial charge in [-0.2, -0.15) is 5.10 Å². The molecule has 1 aromatic carbocycles. The molecule has 0 aliphatic rings. The first kappa shape index (κ1) is 19.2. The van der Waals surface area contributed by atoms with E-state index in [1.165, 1.54) is 42.8 Å². The summed E-state index contributed by atoms with van der Waals surface area (Å²) in [7, 11) is 0. The monoisotopic (exact) mass is 380 g/mol. The van der Waals surface area contributed by atoms with Gasteiger partial charge in [-0.05, 0) is 57.3 Å². The Morgan fingerprint density at radius 3 is 2.46 bits per heavy atom. The average molecular weight is 380 g/mol. The van der Waals surface area contributed by atoms with E-state index in [9.17, 15) is 19.3 Å². The highest BCUT2D eigenvalue weighted by molar-refractivity contribution is 7.80. The molecular formula is C15H17FN6O3S. The Kier molecular flexibility index (Phi) is 5.82. The highest BCUT2D eigenvalue weighted by atomic mass is 32.1. The molecule has 0 radical (unpaired) electrons. The second kappa shape index (κ2) is 7.87. The van der Waals surface area contributed by atoms with E-state index in [2.05, 4.69) is 21.3 Å². The molecule has 1 aromatic heterocycles. The number of aromatic nitrogens is 2. The van der Waals surface area contributed by atoms with Crippen molar-refractivity contribution in [3.63, 3.8) is 0 Å². The summed E-state index contributed by atoms with van der Waals surface area (Å²) in [5.41, 5.74) is 5.84. The van der Waals surface area contributed by atoms with Crippen LogP contribution in [0, 0.1) is 29.8 Å². The maximum Gasteiger partial charge on any atom is 0.312 e. The number of anilines is 1. The number of amides is 1. The van der Waals surface area contributed by atoms with Gasteiger partial charge >= 0.3 is 5.69 Å². The van der Waals surface area contributed by atoms with E-state index in [0.29, 0.717) is 5.69 Å². The Hall–Kier alpha value is -3.08. The molecule has 2 aromatic rings. The summed E-state index contributed by atoms with van der Waals surface area (Å²) in [5, 5.41) is 18.0. The summed E-state index contributed by atoms with van der Waals surface area (Å²) in [5.74, 6) is -0.871. The molecule has 0 saturated heterocycles. The maximum atomic E-state index is 12.9. The van der Waals surface area contributed by atoms with Gasteiger partial charge in [0.15, 0.2) is 5.11 Å². The topological polar surface area (TPSA) is 114 Å². The van der Waals surface area contributed by atoms with Gasteiger partial charge in [-0.15, -0.1) is 0 Å². The van der Waals surface area contributed by atoms with Gasteiger partial charge in [-0.3, -0.25) is 30.4 Å². The SMILES string of the molecule is Cc1nn([C@H](C)C(=O)NNC(=S)Nc2ccc(F)cc2)c(C)c1[N+](=O)[O-]. The highest BCUT2D eigenvalue weighted by Crippen LogP contribution is 2.24. The normalized spacial score (nSPS) is 11.5. The van der Waals surface area contributed by atoms with Gasteiger partial charge in [0.2, 0.25) is 0 Å². The minimum absolute atomic E-state index is 0.0940. The number of rotatable bonds is 4. The summed E-state index contributed by atoms with van der Waals surface area (Å²) in [6, 6.07) is 4.71. The van der Waals surface area contributed by atoms with Gasteiger partial charge in [-0.1, -0.05) is 0 Å². The van der Waals surface area contributed by atoms with Crippen molar-refractivity contribution in [2.24, 2.45) is 0 Å². The highest BCUT2D eigenvalue weighted by Gasteiger charge is 2.27. The van der Waals surface area contributed by atoms with Crippen LogP contribution >= 0.6 is 12.2 Å². The molecule has 0 saturated carbocycles. The van der Waals surface area contributed by atoms with Crippen LogP contribution in [0.2, 0.25) is 0 Å². The Labute approximate surface area is 153 Å². The number of benzene rings is 1. The lowest BCUT2D eigenvalue weighted by atomic mass is 10.3. The van der Waals surface area contributed by atoms with Crippen LogP contribution in [0.25, 0.3) is 0 Å². The summed E-state index contributed by atoms with van der Waals surface area (Å²) in [6.45, 7) is 4.58. The fourth-order valence-electron chi connectivity index (χ4n) is 2.33. The van der Waals surface area contributed by atoms with E-state index in [1.807, 2.05) is 0 Å². The van der Waals surface area contributed by atoms with Crippen LogP contribution in [0.3, 0.4) is 0 Å². The van der Waals surface area contributed by atoms with Crippen molar-refractivity contribution in [1.29, 1.82) is 0 Å². The average Bonchev–Trinajstić information content (AvgIpc) is 2.88. The molecule has 1 amide bonds. The fourth-order valence-corrected chi connectivity index (χ4v) is 2.49. The number of nitro groups is 1. The molecule has 0 aliphatic heterocycles. The number of aryl methyl sites for hydroxylation is 1. The molecule has 1 heterocycles. The van der Waals surface area contributed by atoms with Crippen molar-refractivity contribution >= 4 is 34.6 Å². The van der Waals surface area contributed by atoms with Gasteiger partial charge in [0.1, 0.15) is 23.2 Å². The number of carbonyl (C=O) groups excluding carboxylic acids is 1. The van der Waals surface area contributed by atoms with Crippen LogP contribution in [0.15, 0.2) is 24.3 Å². The first-order valence-corrected chi connectivity index (χ1v) is 7.94. The van der Waals surface area contributed by atoms with Crippen LogP contribution in [-0.4, -0.2) is 25.7 Å². The quantitative estimate of drug-likeness (QED) is 0.423. The zero-order chi connectivity index (χ0) is 19.4. The Morgan fingerprint density at radius 2 is 1.92 bits per heavy atom. The van der Waals surface area contributed by atoms with E-state index in [0.717, 1.165) is 0 Å². The van der Waals surface area contributed by atoms with Crippen LogP contribution in [-0.2, 0) is 4.79 Å². The lowest BCUT2D eigenvalue weighted by Crippen LogP contribution is -2.46. The number of hydrogen-bond donors (Lipinski definition) is 3. The minimum atomic E-state index is -0.802. The minimum Gasteiger partial charge on any atom is -0.331 e. The summed E-state index contributed by atoms with van der Waals surface area (Å²) in [6.07, 6.45) is 0. The van der Waals surface area contributed by atoms with E-state index in [4.69, 9.17) is 12.2 Å². The number of nitrogens with one attached hydrogen (secondary N) is 3. The number of thiocarbonyl (C=S) groups is 1. The predicted octanol–water partition coefficient (Wildman–Crippen LogP) is 2.13. The van der Waals surface area contributed by atoms with Gasteiger partial charge in [0.25, 0.3) is 5.91 Å². The van der Waals surface area contributed by atoms with E-state index >= 15 is 0 Å². The first-order valence-electron chi connectivity index (χ1n) is 7.53. The Bertz CT molecular complexity index is 852. The summed E-state index contributed by atoms with van der Waals surface area (Å²) < 4.78 is 14.1. The number of hydrazine groups is 1. The van der Waals surface area contributed by atoms with Crippen LogP contribution < -0.4 is 16.2 Å². The van der Waals surface area contributed by atoms with Gasteiger partial charge in [0.05, 0.1) is 4.92 Å². The van der Waals surface area contributed by atoms with Gasteiger partial charge in [0, 0.05) is 5.69 Å². The Balaban J connectivity index is 1.97. The van der Waals surface area contributed by atoms with Crippen LogP contribution in [0.4, 0.5) is 15.8 Å². The third kappa shape index (κ3) is 4.30. The van der Waals surface area contributed by atoms with Crippen molar-refractivity contribution in [3.8, 4) is 0 Å². The van der Waals surface area contributed by atoms with Crippen molar-refractivity contribution in [3.05, 3.63) is 51.6 Å². The first-order chi connectivity index (χ1) is 12.2. The predicted molar refractivity (Wildman–Crippen MR) is 97.0 cm³/mol. The molecule has 9 nitrogen and oxygen atoms in total. The zero-order valence-electron chi connectivity index (χ0n) is 14.2. The second-order valence-corrected chi connectivity index (χ2v) is 5.88. The molecule has 138 valence electrons. The van der Waals surface area contributed by atoms with Crippen molar-refractivity contribution in [2.45, 2.75) is 26.8 Å². The second-order valence-electron chi connectivity index (χ2n) is 5.47. The smallest absolute Gasteiger partial charge is 0.312 e.